The van der Waals surface area contributed by atoms with Crippen LogP contribution in [0.1, 0.15) is 11.5 Å². The van der Waals surface area contributed by atoms with Gasteiger partial charge in [0.05, 0.1) is 29.1 Å². The predicted molar refractivity (Wildman–Crippen MR) is 60.1 cm³/mol. The lowest BCUT2D eigenvalue weighted by atomic mass is 9.91. The van der Waals surface area contributed by atoms with Crippen molar-refractivity contribution in [2.75, 3.05) is 0 Å². The third kappa shape index (κ3) is 1.66. The van der Waals surface area contributed by atoms with E-state index in [4.69, 9.17) is 22.0 Å². The highest BCUT2D eigenvalue weighted by Crippen LogP contribution is 2.34. The first-order valence-corrected chi connectivity index (χ1v) is 5.23. The molecular formula is C11H7F5N4. The van der Waals surface area contributed by atoms with Gasteiger partial charge in [0.25, 0.3) is 0 Å². The molecule has 1 aliphatic rings. The van der Waals surface area contributed by atoms with Crippen molar-refractivity contribution in [3.63, 3.8) is 0 Å². The third-order valence-corrected chi connectivity index (χ3v) is 3.10. The second kappa shape index (κ2) is 4.44. The van der Waals surface area contributed by atoms with Crippen LogP contribution in [0.25, 0.3) is 0 Å². The van der Waals surface area contributed by atoms with Crippen molar-refractivity contribution in [2.24, 2.45) is 5.73 Å². The molecule has 1 aliphatic carbocycles. The van der Waals surface area contributed by atoms with Crippen LogP contribution in [-0.2, 0) is 0 Å². The Hall–Kier alpha value is -2.16. The summed E-state index contributed by atoms with van der Waals surface area (Å²) in [5.74, 6) is -12.6. The fraction of sp³-hybridized carbons (Fsp3) is 0.182. The van der Waals surface area contributed by atoms with Gasteiger partial charge in [-0.2, -0.15) is 0 Å². The van der Waals surface area contributed by atoms with Gasteiger partial charge in [0, 0.05) is 5.56 Å². The molecule has 2 rings (SSSR count). The number of hydrogen-bond acceptors (Lipinski definition) is 4. The van der Waals surface area contributed by atoms with Crippen molar-refractivity contribution < 1.29 is 22.0 Å². The van der Waals surface area contributed by atoms with Crippen molar-refractivity contribution >= 4 is 17.1 Å². The minimum atomic E-state index is -2.31. The maximum Gasteiger partial charge on any atom is 0.200 e. The minimum Gasteiger partial charge on any atom is -0.322 e. The van der Waals surface area contributed by atoms with Crippen LogP contribution in [0.2, 0.25) is 0 Å². The molecule has 1 fully saturated rings. The molecule has 0 spiro atoms. The Balaban J connectivity index is 2.75. The molecule has 20 heavy (non-hydrogen) atoms. The molecule has 0 heterocycles. The van der Waals surface area contributed by atoms with E-state index in [9.17, 15) is 22.0 Å². The maximum atomic E-state index is 13.6. The van der Waals surface area contributed by atoms with E-state index in [1.807, 2.05) is 0 Å². The van der Waals surface area contributed by atoms with E-state index in [1.165, 1.54) is 0 Å². The van der Waals surface area contributed by atoms with Gasteiger partial charge >= 0.3 is 0 Å². The summed E-state index contributed by atoms with van der Waals surface area (Å²) in [5.41, 5.74) is 2.11. The Bertz CT molecular complexity index is 640. The third-order valence-electron chi connectivity index (χ3n) is 3.10. The van der Waals surface area contributed by atoms with Crippen LogP contribution in [0.15, 0.2) is 0 Å². The van der Waals surface area contributed by atoms with Crippen LogP contribution in [-0.4, -0.2) is 23.2 Å². The maximum absolute atomic E-state index is 13.6. The molecule has 0 aromatic heterocycles. The van der Waals surface area contributed by atoms with Gasteiger partial charge in [-0.15, -0.1) is 0 Å². The summed E-state index contributed by atoms with van der Waals surface area (Å²) in [5, 5.41) is 22.2. The summed E-state index contributed by atoms with van der Waals surface area (Å²) < 4.78 is 66.5. The summed E-state index contributed by atoms with van der Waals surface area (Å²) in [6.07, 6.45) is 0. The topological polar surface area (TPSA) is 97.6 Å². The van der Waals surface area contributed by atoms with E-state index in [2.05, 4.69) is 0 Å². The quantitative estimate of drug-likeness (QED) is 0.354. The lowest BCUT2D eigenvalue weighted by molar-refractivity contribution is 0.368. The number of nitrogens with two attached hydrogens (primary N) is 1. The predicted octanol–water partition coefficient (Wildman–Crippen LogP) is 1.87. The molecule has 1 aromatic carbocycles. The number of hydrogen-bond donors (Lipinski definition) is 4. The fourth-order valence-corrected chi connectivity index (χ4v) is 2.03. The largest absolute Gasteiger partial charge is 0.322 e. The molecule has 0 amide bonds. The zero-order valence-electron chi connectivity index (χ0n) is 9.62. The Morgan fingerprint density at radius 2 is 1.10 bits per heavy atom. The summed E-state index contributed by atoms with van der Waals surface area (Å²) in [4.78, 5) is 0. The molecule has 0 bridgehead atoms. The van der Waals surface area contributed by atoms with Gasteiger partial charge in [-0.25, -0.2) is 22.0 Å². The van der Waals surface area contributed by atoms with Gasteiger partial charge in [0.2, 0.25) is 5.82 Å². The number of halogens is 5. The summed E-state index contributed by atoms with van der Waals surface area (Å²) >= 11 is 0. The minimum absolute atomic E-state index is 0.594. The zero-order valence-corrected chi connectivity index (χ0v) is 9.62. The van der Waals surface area contributed by atoms with Gasteiger partial charge in [-0.1, -0.05) is 0 Å². The van der Waals surface area contributed by atoms with Gasteiger partial charge in [-0.3, -0.25) is 5.41 Å². The van der Waals surface area contributed by atoms with Crippen molar-refractivity contribution in [3.8, 4) is 0 Å². The second-order valence-corrected chi connectivity index (χ2v) is 4.19. The van der Waals surface area contributed by atoms with Crippen molar-refractivity contribution in [1.82, 2.24) is 0 Å². The van der Waals surface area contributed by atoms with Gasteiger partial charge in [-0.05, 0) is 0 Å². The van der Waals surface area contributed by atoms with Crippen LogP contribution in [0.4, 0.5) is 22.0 Å². The van der Waals surface area contributed by atoms with E-state index in [-0.39, 0.29) is 0 Å². The Kier molecular flexibility index (Phi) is 3.17. The van der Waals surface area contributed by atoms with Gasteiger partial charge < -0.3 is 16.6 Å². The first kappa shape index (κ1) is 14.3. The van der Waals surface area contributed by atoms with E-state index in [0.717, 1.165) is 0 Å². The average molecular weight is 290 g/mol. The van der Waals surface area contributed by atoms with Crippen LogP contribution >= 0.6 is 0 Å². The van der Waals surface area contributed by atoms with Gasteiger partial charge in [0.15, 0.2) is 23.3 Å². The number of nitrogens with one attached hydrogen (secondary N) is 3. The summed E-state index contributed by atoms with van der Waals surface area (Å²) in [7, 11) is 0. The standard InChI is InChI=1S/C11H7F5N4/c12-3-1(4(13)6(15)7(16)5(3)14)2-8(17)10(19)11(20)9(2)18/h2,8,18-20H,17H2. The molecule has 2 atom stereocenters. The molecule has 2 unspecified atom stereocenters. The molecule has 0 saturated heterocycles. The highest BCUT2D eigenvalue weighted by molar-refractivity contribution is 6.72. The molecule has 9 heteroatoms. The highest BCUT2D eigenvalue weighted by atomic mass is 19.2. The van der Waals surface area contributed by atoms with E-state index >= 15 is 0 Å². The zero-order chi connectivity index (χ0) is 15.4. The summed E-state index contributed by atoms with van der Waals surface area (Å²) in [6, 6.07) is -1.51. The molecule has 106 valence electrons. The molecular weight excluding hydrogens is 283 g/mol. The van der Waals surface area contributed by atoms with Crippen LogP contribution in [0.3, 0.4) is 0 Å². The van der Waals surface area contributed by atoms with Crippen LogP contribution < -0.4 is 5.73 Å². The normalized spacial score (nSPS) is 22.8. The smallest absolute Gasteiger partial charge is 0.200 e. The lowest BCUT2D eigenvalue weighted by Gasteiger charge is -2.17. The van der Waals surface area contributed by atoms with E-state index < -0.39 is 63.7 Å². The first-order valence-electron chi connectivity index (χ1n) is 5.23. The molecule has 1 saturated carbocycles. The monoisotopic (exact) mass is 290 g/mol. The van der Waals surface area contributed by atoms with Crippen molar-refractivity contribution in [3.05, 3.63) is 34.6 Å². The first-order chi connectivity index (χ1) is 9.20. The number of rotatable bonds is 1. The molecule has 1 aromatic rings. The SMILES string of the molecule is N=C1C(=N)C(N)C(c2c(F)c(F)c(F)c(F)c2F)C1=N. The molecule has 5 N–H and O–H groups in total. The van der Waals surface area contributed by atoms with E-state index in [1.54, 1.807) is 0 Å². The van der Waals surface area contributed by atoms with Crippen molar-refractivity contribution in [1.29, 1.82) is 16.2 Å². The molecule has 4 nitrogen and oxygen atoms in total. The Morgan fingerprint density at radius 1 is 0.700 bits per heavy atom. The van der Waals surface area contributed by atoms with Crippen LogP contribution in [0.5, 0.6) is 0 Å². The average Bonchev–Trinajstić information content (AvgIpc) is 2.61. The highest BCUT2D eigenvalue weighted by Gasteiger charge is 2.44. The van der Waals surface area contributed by atoms with E-state index in [0.29, 0.717) is 0 Å². The molecule has 0 aliphatic heterocycles. The van der Waals surface area contributed by atoms with Crippen LogP contribution in [0, 0.1) is 45.3 Å². The Morgan fingerprint density at radius 3 is 1.45 bits per heavy atom. The second-order valence-electron chi connectivity index (χ2n) is 4.19. The Labute approximate surface area is 108 Å². The summed E-state index contributed by atoms with van der Waals surface area (Å²) in [6.45, 7) is 0. The fourth-order valence-electron chi connectivity index (χ4n) is 2.03. The number of benzene rings is 1. The molecule has 0 radical (unpaired) electrons. The lowest BCUT2D eigenvalue weighted by Crippen LogP contribution is -2.33. The van der Waals surface area contributed by atoms with Gasteiger partial charge in [0.1, 0.15) is 0 Å². The van der Waals surface area contributed by atoms with Crippen molar-refractivity contribution in [2.45, 2.75) is 12.0 Å².